The molecule has 148 valence electrons. The van der Waals surface area contributed by atoms with E-state index in [1.807, 2.05) is 30.3 Å². The van der Waals surface area contributed by atoms with Gasteiger partial charge in [0.1, 0.15) is 16.7 Å². The number of carbonyl (C=O) groups excluding carboxylic acids is 1. The maximum atomic E-state index is 13.0. The summed E-state index contributed by atoms with van der Waals surface area (Å²) in [5.74, 6) is 0.379. The molecule has 28 heavy (non-hydrogen) atoms. The monoisotopic (exact) mass is 401 g/mol. The lowest BCUT2D eigenvalue weighted by molar-refractivity contribution is 0.122. The van der Waals surface area contributed by atoms with Crippen molar-refractivity contribution in [3.63, 3.8) is 0 Å². The second kappa shape index (κ2) is 7.44. The smallest absolute Gasteiger partial charge is 0.321 e. The fourth-order valence-electron chi connectivity index (χ4n) is 3.80. The first-order chi connectivity index (χ1) is 13.5. The van der Waals surface area contributed by atoms with Crippen molar-refractivity contribution < 1.29 is 17.9 Å². The highest BCUT2D eigenvalue weighted by atomic mass is 32.2. The lowest BCUT2D eigenvalue weighted by Crippen LogP contribution is -2.44. The summed E-state index contributed by atoms with van der Waals surface area (Å²) in [5.41, 5.74) is 0.732. The minimum Gasteiger partial charge on any atom is -0.487 e. The molecule has 0 saturated carbocycles. The molecule has 8 heteroatoms. The number of carbonyl (C=O) groups is 1. The van der Waals surface area contributed by atoms with Crippen LogP contribution in [-0.2, 0) is 10.0 Å². The van der Waals surface area contributed by atoms with E-state index in [0.29, 0.717) is 31.7 Å². The maximum absolute atomic E-state index is 13.0. The molecule has 0 spiro atoms. The van der Waals surface area contributed by atoms with Gasteiger partial charge in [-0.05, 0) is 30.7 Å². The highest BCUT2D eigenvalue weighted by molar-refractivity contribution is 7.89. The molecule has 1 N–H and O–H groups in total. The molecule has 2 aromatic carbocycles. The number of likely N-dealkylation sites (N-methyl/N-ethyl adjacent to an activating group) is 1. The van der Waals surface area contributed by atoms with Crippen molar-refractivity contribution >= 4 is 21.7 Å². The second-order valence-electron chi connectivity index (χ2n) is 7.05. The Hall–Kier alpha value is -2.58. The van der Waals surface area contributed by atoms with E-state index in [1.54, 1.807) is 36.2 Å². The van der Waals surface area contributed by atoms with Crippen LogP contribution >= 0.6 is 0 Å². The molecule has 0 aromatic heterocycles. The molecular formula is C20H23N3O4S. The molecule has 2 aromatic rings. The Morgan fingerprint density at radius 2 is 1.71 bits per heavy atom. The van der Waals surface area contributed by atoms with Crippen molar-refractivity contribution in [2.24, 2.45) is 0 Å². The number of para-hydroxylation sites is 2. The largest absolute Gasteiger partial charge is 0.487 e. The van der Waals surface area contributed by atoms with E-state index in [0.717, 1.165) is 5.69 Å². The average Bonchev–Trinajstić information content (AvgIpc) is 2.94. The summed E-state index contributed by atoms with van der Waals surface area (Å²) in [4.78, 5) is 14.6. The summed E-state index contributed by atoms with van der Waals surface area (Å²) in [6.07, 6.45) is 0.760. The zero-order chi connectivity index (χ0) is 19.7. The Morgan fingerprint density at radius 3 is 2.50 bits per heavy atom. The molecule has 0 bridgehead atoms. The first-order valence-corrected chi connectivity index (χ1v) is 10.8. The van der Waals surface area contributed by atoms with Gasteiger partial charge < -0.3 is 15.0 Å². The third-order valence-corrected chi connectivity index (χ3v) is 7.29. The van der Waals surface area contributed by atoms with Crippen LogP contribution in [0, 0.1) is 0 Å². The quantitative estimate of drug-likeness (QED) is 0.797. The molecule has 0 radical (unpaired) electrons. The Balaban J connectivity index is 1.54. The zero-order valence-electron chi connectivity index (χ0n) is 15.6. The van der Waals surface area contributed by atoms with Crippen LogP contribution < -0.4 is 10.1 Å². The number of nitrogens with one attached hydrogen (secondary N) is 1. The summed E-state index contributed by atoms with van der Waals surface area (Å²) in [5, 5.41) is 2.89. The van der Waals surface area contributed by atoms with Crippen molar-refractivity contribution in [1.29, 1.82) is 0 Å². The minimum atomic E-state index is -3.64. The van der Waals surface area contributed by atoms with Crippen molar-refractivity contribution in [2.45, 2.75) is 29.9 Å². The predicted octanol–water partition coefficient (Wildman–Crippen LogP) is 2.76. The second-order valence-corrected chi connectivity index (χ2v) is 9.02. The minimum absolute atomic E-state index is 0.187. The fraction of sp³-hybridized carbons (Fsp3) is 0.350. The van der Waals surface area contributed by atoms with Crippen molar-refractivity contribution in [3.05, 3.63) is 54.6 Å². The van der Waals surface area contributed by atoms with E-state index < -0.39 is 10.0 Å². The Bertz CT molecular complexity index is 964. The highest BCUT2D eigenvalue weighted by Crippen LogP contribution is 2.35. The average molecular weight is 401 g/mol. The van der Waals surface area contributed by atoms with Gasteiger partial charge in [-0.1, -0.05) is 30.3 Å². The number of fused-ring (bicyclic) bond motifs is 2. The number of amides is 2. The van der Waals surface area contributed by atoms with Gasteiger partial charge in [-0.3, -0.25) is 0 Å². The first-order valence-electron chi connectivity index (χ1n) is 9.31. The summed E-state index contributed by atoms with van der Waals surface area (Å²) in [7, 11) is -2.05. The zero-order valence-corrected chi connectivity index (χ0v) is 16.4. The highest BCUT2D eigenvalue weighted by Gasteiger charge is 2.41. The van der Waals surface area contributed by atoms with Crippen LogP contribution in [0.3, 0.4) is 0 Å². The number of likely N-dealkylation sites (tertiary alicyclic amines) is 1. The van der Waals surface area contributed by atoms with Crippen LogP contribution in [0.5, 0.6) is 5.75 Å². The molecule has 2 aliphatic rings. The van der Waals surface area contributed by atoms with E-state index in [-0.39, 0.29) is 23.1 Å². The lowest BCUT2D eigenvalue weighted by atomic mass is 10.1. The number of sulfonamides is 1. The molecule has 0 aliphatic carbocycles. The fourth-order valence-corrected chi connectivity index (χ4v) is 5.33. The number of hydrogen-bond donors (Lipinski definition) is 1. The van der Waals surface area contributed by atoms with Crippen LogP contribution in [0.1, 0.15) is 12.8 Å². The van der Waals surface area contributed by atoms with Crippen LogP contribution in [0.25, 0.3) is 0 Å². The molecule has 7 nitrogen and oxygen atoms in total. The third-order valence-electron chi connectivity index (χ3n) is 5.37. The Morgan fingerprint density at radius 1 is 1.04 bits per heavy atom. The molecule has 2 amide bonds. The molecule has 1 saturated heterocycles. The number of ether oxygens (including phenoxy) is 1. The van der Waals surface area contributed by atoms with Crippen LogP contribution in [0.15, 0.2) is 59.5 Å². The van der Waals surface area contributed by atoms with Gasteiger partial charge in [-0.15, -0.1) is 0 Å². The number of benzene rings is 2. The third kappa shape index (κ3) is 3.45. The van der Waals surface area contributed by atoms with E-state index >= 15 is 0 Å². The van der Waals surface area contributed by atoms with Gasteiger partial charge in [-0.25, -0.2) is 13.2 Å². The van der Waals surface area contributed by atoms with Gasteiger partial charge in [0, 0.05) is 32.2 Å². The van der Waals surface area contributed by atoms with Crippen LogP contribution in [0.2, 0.25) is 0 Å². The number of urea groups is 1. The Labute approximate surface area is 165 Å². The van der Waals surface area contributed by atoms with Crippen molar-refractivity contribution in [2.75, 3.05) is 25.5 Å². The lowest BCUT2D eigenvalue weighted by Gasteiger charge is -2.28. The van der Waals surface area contributed by atoms with E-state index in [4.69, 9.17) is 4.74 Å². The van der Waals surface area contributed by atoms with Crippen molar-refractivity contribution in [1.82, 2.24) is 9.21 Å². The molecule has 4 rings (SSSR count). The number of anilines is 1. The van der Waals surface area contributed by atoms with Crippen LogP contribution in [-0.4, -0.2) is 55.9 Å². The number of hydrogen-bond acceptors (Lipinski definition) is 4. The Kier molecular flexibility index (Phi) is 4.99. The summed E-state index contributed by atoms with van der Waals surface area (Å²) >= 11 is 0. The first kappa shape index (κ1) is 18.8. The molecule has 2 atom stereocenters. The van der Waals surface area contributed by atoms with Gasteiger partial charge in [-0.2, -0.15) is 4.31 Å². The number of nitrogens with zero attached hydrogens (tertiary/aromatic N) is 2. The molecule has 2 heterocycles. The van der Waals surface area contributed by atoms with E-state index in [1.165, 1.54) is 4.31 Å². The predicted molar refractivity (Wildman–Crippen MR) is 106 cm³/mol. The number of rotatable bonds is 1. The molecule has 2 aliphatic heterocycles. The van der Waals surface area contributed by atoms with Gasteiger partial charge in [0.15, 0.2) is 0 Å². The van der Waals surface area contributed by atoms with Crippen LogP contribution in [0.4, 0.5) is 10.5 Å². The van der Waals surface area contributed by atoms with Gasteiger partial charge >= 0.3 is 6.03 Å². The van der Waals surface area contributed by atoms with E-state index in [2.05, 4.69) is 5.32 Å². The molecule has 0 unspecified atom stereocenters. The SMILES string of the molecule is CN1[C@@H]2CCN(C(=O)Nc3ccccc3)CC[C@H]2Oc2ccccc2S1(=O)=O. The van der Waals surface area contributed by atoms with Gasteiger partial charge in [0.2, 0.25) is 10.0 Å². The standard InChI is InChI=1S/C20H23N3O4S/c1-22-16-11-13-23(20(24)21-15-7-3-2-4-8-15)14-12-17(16)27-18-9-5-6-10-19(18)28(22,25)26/h2-10,16-17H,11-14H2,1H3,(H,21,24)/t16-,17-/m1/s1. The summed E-state index contributed by atoms with van der Waals surface area (Å²) < 4.78 is 33.5. The van der Waals surface area contributed by atoms with Crippen molar-refractivity contribution in [3.8, 4) is 5.75 Å². The maximum Gasteiger partial charge on any atom is 0.321 e. The van der Waals surface area contributed by atoms with Gasteiger partial charge in [0.05, 0.1) is 6.04 Å². The molecule has 1 fully saturated rings. The topological polar surface area (TPSA) is 79.0 Å². The summed E-state index contributed by atoms with van der Waals surface area (Å²) in [6.45, 7) is 0.954. The molecular weight excluding hydrogens is 378 g/mol. The van der Waals surface area contributed by atoms with E-state index in [9.17, 15) is 13.2 Å². The summed E-state index contributed by atoms with van der Waals surface area (Å²) in [6, 6.07) is 15.5. The van der Waals surface area contributed by atoms with Gasteiger partial charge in [0.25, 0.3) is 0 Å². The normalized spacial score (nSPS) is 24.1.